The standard InChI is InChI=1S/C17H22F3N5/c1-10(2)23-16(21)22-9-13-5-6-14(8-15(13)17(18,19)20)25-12(4)7-11(3)24-25/h5-8,10H,9H2,1-4H3,(H3,21,22,23). The summed E-state index contributed by atoms with van der Waals surface area (Å²) >= 11 is 0. The van der Waals surface area contributed by atoms with Crippen molar-refractivity contribution in [3.8, 4) is 5.69 Å². The van der Waals surface area contributed by atoms with E-state index in [1.807, 2.05) is 19.9 Å². The van der Waals surface area contributed by atoms with Gasteiger partial charge in [0.05, 0.1) is 23.5 Å². The first-order valence-corrected chi connectivity index (χ1v) is 7.88. The van der Waals surface area contributed by atoms with E-state index >= 15 is 0 Å². The molecular weight excluding hydrogens is 331 g/mol. The van der Waals surface area contributed by atoms with Gasteiger partial charge in [0.15, 0.2) is 5.96 Å². The van der Waals surface area contributed by atoms with Crippen LogP contribution < -0.4 is 11.1 Å². The lowest BCUT2D eigenvalue weighted by Gasteiger charge is -2.15. The minimum Gasteiger partial charge on any atom is -0.370 e. The van der Waals surface area contributed by atoms with E-state index in [2.05, 4.69) is 15.4 Å². The van der Waals surface area contributed by atoms with E-state index in [1.54, 1.807) is 19.9 Å². The first kappa shape index (κ1) is 18.8. The van der Waals surface area contributed by atoms with Gasteiger partial charge in [-0.2, -0.15) is 18.3 Å². The fourth-order valence-electron chi connectivity index (χ4n) is 2.50. The molecule has 0 bridgehead atoms. The number of hydrogen-bond acceptors (Lipinski definition) is 2. The SMILES string of the molecule is Cc1cc(C)n(-c2ccc(CN=C(N)NC(C)C)c(C(F)(F)F)c2)n1. The highest BCUT2D eigenvalue weighted by molar-refractivity contribution is 5.78. The number of hydrogen-bond donors (Lipinski definition) is 2. The summed E-state index contributed by atoms with van der Waals surface area (Å²) < 4.78 is 41.9. The minimum absolute atomic E-state index is 0.0549. The van der Waals surface area contributed by atoms with Crippen LogP contribution >= 0.6 is 0 Å². The molecule has 3 N–H and O–H groups in total. The molecular formula is C17H22F3N5. The Bertz CT molecular complexity index is 775. The number of rotatable bonds is 4. The van der Waals surface area contributed by atoms with Gasteiger partial charge >= 0.3 is 6.18 Å². The van der Waals surface area contributed by atoms with Gasteiger partial charge in [-0.15, -0.1) is 0 Å². The summed E-state index contributed by atoms with van der Waals surface area (Å²) in [4.78, 5) is 3.99. The van der Waals surface area contributed by atoms with Crippen LogP contribution in [0.1, 0.15) is 36.4 Å². The Morgan fingerprint density at radius 1 is 1.28 bits per heavy atom. The van der Waals surface area contributed by atoms with Crippen molar-refractivity contribution in [2.75, 3.05) is 0 Å². The van der Waals surface area contributed by atoms with Crippen LogP contribution in [0.4, 0.5) is 13.2 Å². The van der Waals surface area contributed by atoms with Crippen molar-refractivity contribution < 1.29 is 13.2 Å². The summed E-state index contributed by atoms with van der Waals surface area (Å²) in [6.07, 6.45) is -4.49. The maximum Gasteiger partial charge on any atom is 0.416 e. The number of aromatic nitrogens is 2. The van der Waals surface area contributed by atoms with Gasteiger partial charge in [0, 0.05) is 11.7 Å². The average Bonchev–Trinajstić information content (AvgIpc) is 2.82. The topological polar surface area (TPSA) is 68.2 Å². The molecule has 0 fully saturated rings. The number of halogens is 3. The molecule has 0 aliphatic heterocycles. The Kier molecular flexibility index (Phi) is 5.39. The molecule has 0 amide bonds. The van der Waals surface area contributed by atoms with Gasteiger partial charge in [-0.3, -0.25) is 0 Å². The molecule has 25 heavy (non-hydrogen) atoms. The molecule has 1 aromatic carbocycles. The highest BCUT2D eigenvalue weighted by atomic mass is 19.4. The molecule has 1 heterocycles. The smallest absolute Gasteiger partial charge is 0.370 e. The summed E-state index contributed by atoms with van der Waals surface area (Å²) in [7, 11) is 0. The van der Waals surface area contributed by atoms with Gasteiger partial charge < -0.3 is 11.1 Å². The zero-order chi connectivity index (χ0) is 18.8. The molecule has 2 rings (SSSR count). The van der Waals surface area contributed by atoms with Crippen molar-refractivity contribution in [3.05, 3.63) is 46.8 Å². The number of aryl methyl sites for hydroxylation is 2. The Morgan fingerprint density at radius 3 is 2.48 bits per heavy atom. The summed E-state index contributed by atoms with van der Waals surface area (Å²) in [6, 6.07) is 5.98. The van der Waals surface area contributed by atoms with Crippen LogP contribution in [0, 0.1) is 13.8 Å². The Labute approximate surface area is 144 Å². The summed E-state index contributed by atoms with van der Waals surface area (Å²) in [5.74, 6) is 0.116. The highest BCUT2D eigenvalue weighted by Crippen LogP contribution is 2.34. The third-order valence-corrected chi connectivity index (χ3v) is 3.51. The normalized spacial score (nSPS) is 12.7. The largest absolute Gasteiger partial charge is 0.416 e. The lowest BCUT2D eigenvalue weighted by atomic mass is 10.1. The Hall–Kier alpha value is -2.51. The van der Waals surface area contributed by atoms with Crippen LogP contribution in [0.5, 0.6) is 0 Å². The summed E-state index contributed by atoms with van der Waals surface area (Å²) in [5.41, 5.74) is 6.86. The molecule has 0 aliphatic carbocycles. The van der Waals surface area contributed by atoms with Crippen molar-refractivity contribution in [3.63, 3.8) is 0 Å². The van der Waals surface area contributed by atoms with E-state index in [4.69, 9.17) is 5.73 Å². The fourth-order valence-corrected chi connectivity index (χ4v) is 2.50. The minimum atomic E-state index is -4.49. The zero-order valence-electron chi connectivity index (χ0n) is 14.6. The second kappa shape index (κ2) is 7.16. The van der Waals surface area contributed by atoms with Gasteiger partial charge in [0.2, 0.25) is 0 Å². The number of benzene rings is 1. The number of guanidine groups is 1. The number of nitrogens with one attached hydrogen (secondary N) is 1. The molecule has 0 unspecified atom stereocenters. The van der Waals surface area contributed by atoms with E-state index in [9.17, 15) is 13.2 Å². The monoisotopic (exact) mass is 353 g/mol. The number of aliphatic imine (C=N–C) groups is 1. The predicted octanol–water partition coefficient (Wildman–Crippen LogP) is 3.32. The van der Waals surface area contributed by atoms with Crippen LogP contribution in [0.3, 0.4) is 0 Å². The van der Waals surface area contributed by atoms with E-state index in [1.165, 1.54) is 10.7 Å². The van der Waals surface area contributed by atoms with Crippen LogP contribution in [0.2, 0.25) is 0 Å². The molecule has 0 radical (unpaired) electrons. The van der Waals surface area contributed by atoms with Crippen LogP contribution in [-0.4, -0.2) is 21.8 Å². The molecule has 0 saturated carbocycles. The third kappa shape index (κ3) is 4.74. The molecule has 0 spiro atoms. The third-order valence-electron chi connectivity index (χ3n) is 3.51. The van der Waals surface area contributed by atoms with E-state index < -0.39 is 11.7 Å². The van der Waals surface area contributed by atoms with Gasteiger partial charge in [0.1, 0.15) is 0 Å². The van der Waals surface area contributed by atoms with E-state index in [0.29, 0.717) is 5.69 Å². The first-order valence-electron chi connectivity index (χ1n) is 7.88. The Balaban J connectivity index is 2.40. The van der Waals surface area contributed by atoms with E-state index in [0.717, 1.165) is 17.5 Å². The predicted molar refractivity (Wildman–Crippen MR) is 91.6 cm³/mol. The Morgan fingerprint density at radius 2 is 1.96 bits per heavy atom. The second-order valence-electron chi connectivity index (χ2n) is 6.18. The number of nitrogens with two attached hydrogens (primary N) is 1. The zero-order valence-corrected chi connectivity index (χ0v) is 14.6. The van der Waals surface area contributed by atoms with Crippen molar-refractivity contribution in [1.82, 2.24) is 15.1 Å². The maximum absolute atomic E-state index is 13.5. The maximum atomic E-state index is 13.5. The van der Waals surface area contributed by atoms with Crippen LogP contribution in [-0.2, 0) is 12.7 Å². The van der Waals surface area contributed by atoms with Gasteiger partial charge in [-0.05, 0) is 51.5 Å². The molecule has 2 aromatic rings. The van der Waals surface area contributed by atoms with Crippen molar-refractivity contribution in [2.24, 2.45) is 10.7 Å². The van der Waals surface area contributed by atoms with E-state index in [-0.39, 0.29) is 24.1 Å². The van der Waals surface area contributed by atoms with Crippen molar-refractivity contribution in [2.45, 2.75) is 46.5 Å². The molecule has 0 aliphatic rings. The highest BCUT2D eigenvalue weighted by Gasteiger charge is 2.33. The number of alkyl halides is 3. The van der Waals surface area contributed by atoms with Crippen molar-refractivity contribution in [1.29, 1.82) is 0 Å². The fraction of sp³-hybridized carbons (Fsp3) is 0.412. The quantitative estimate of drug-likeness (QED) is 0.654. The molecule has 5 nitrogen and oxygen atoms in total. The molecule has 1 aromatic heterocycles. The molecule has 0 saturated heterocycles. The lowest BCUT2D eigenvalue weighted by molar-refractivity contribution is -0.138. The molecule has 136 valence electrons. The molecule has 0 atom stereocenters. The van der Waals surface area contributed by atoms with Crippen LogP contribution in [0.15, 0.2) is 29.3 Å². The van der Waals surface area contributed by atoms with Crippen molar-refractivity contribution >= 4 is 5.96 Å². The number of nitrogens with zero attached hydrogens (tertiary/aromatic N) is 3. The van der Waals surface area contributed by atoms with Crippen LogP contribution in [0.25, 0.3) is 5.69 Å². The average molecular weight is 353 g/mol. The van der Waals surface area contributed by atoms with Gasteiger partial charge in [0.25, 0.3) is 0 Å². The lowest BCUT2D eigenvalue weighted by Crippen LogP contribution is -2.36. The molecule has 8 heteroatoms. The summed E-state index contributed by atoms with van der Waals surface area (Å²) in [5, 5.41) is 7.08. The summed E-state index contributed by atoms with van der Waals surface area (Å²) in [6.45, 7) is 7.17. The first-order chi connectivity index (χ1) is 11.6. The second-order valence-corrected chi connectivity index (χ2v) is 6.18. The van der Waals surface area contributed by atoms with Gasteiger partial charge in [-0.25, -0.2) is 9.67 Å². The van der Waals surface area contributed by atoms with Gasteiger partial charge in [-0.1, -0.05) is 6.07 Å².